The Hall–Kier alpha value is -2.33. The third-order valence-corrected chi connectivity index (χ3v) is 3.18. The van der Waals surface area contributed by atoms with Gasteiger partial charge in [-0.1, -0.05) is 11.6 Å². The standard InChI is InChI=1S/C15H10ClFN2O/c16-10-2-5-12(6-3-10)18-15(20)14-7-9-1-4-11(17)8-13(9)19-14/h1-8,19H,(H,18,20). The molecule has 0 unspecified atom stereocenters. The molecule has 1 heterocycles. The molecule has 0 radical (unpaired) electrons. The molecule has 20 heavy (non-hydrogen) atoms. The Morgan fingerprint density at radius 1 is 1.10 bits per heavy atom. The van der Waals surface area contributed by atoms with Gasteiger partial charge in [-0.15, -0.1) is 0 Å². The second kappa shape index (κ2) is 4.98. The zero-order chi connectivity index (χ0) is 14.1. The van der Waals surface area contributed by atoms with Crippen LogP contribution in [0.25, 0.3) is 10.9 Å². The second-order valence-electron chi connectivity index (χ2n) is 4.38. The number of aromatic amines is 1. The second-order valence-corrected chi connectivity index (χ2v) is 4.81. The van der Waals surface area contributed by atoms with Gasteiger partial charge in [0.2, 0.25) is 0 Å². The Morgan fingerprint density at radius 3 is 2.60 bits per heavy atom. The van der Waals surface area contributed by atoms with E-state index in [0.717, 1.165) is 5.39 Å². The minimum Gasteiger partial charge on any atom is -0.350 e. The van der Waals surface area contributed by atoms with Crippen LogP contribution in [0.1, 0.15) is 10.5 Å². The van der Waals surface area contributed by atoms with Crippen LogP contribution in [-0.4, -0.2) is 10.9 Å². The minimum absolute atomic E-state index is 0.288. The molecule has 0 bridgehead atoms. The number of benzene rings is 2. The number of aromatic nitrogens is 1. The molecule has 0 aliphatic rings. The van der Waals surface area contributed by atoms with Crippen molar-refractivity contribution in [3.63, 3.8) is 0 Å². The van der Waals surface area contributed by atoms with Crippen molar-refractivity contribution in [3.05, 3.63) is 65.1 Å². The lowest BCUT2D eigenvalue weighted by Crippen LogP contribution is -2.11. The summed E-state index contributed by atoms with van der Waals surface area (Å²) in [6.07, 6.45) is 0. The molecule has 0 fully saturated rings. The normalized spacial score (nSPS) is 10.7. The van der Waals surface area contributed by atoms with Crippen LogP contribution in [0.2, 0.25) is 5.02 Å². The Morgan fingerprint density at radius 2 is 1.85 bits per heavy atom. The maximum Gasteiger partial charge on any atom is 0.272 e. The Balaban J connectivity index is 1.86. The van der Waals surface area contributed by atoms with Crippen molar-refractivity contribution in [1.29, 1.82) is 0 Å². The fourth-order valence-corrected chi connectivity index (χ4v) is 2.08. The summed E-state index contributed by atoms with van der Waals surface area (Å²) in [4.78, 5) is 15.0. The quantitative estimate of drug-likeness (QED) is 0.729. The van der Waals surface area contributed by atoms with E-state index in [4.69, 9.17) is 11.6 Å². The van der Waals surface area contributed by atoms with Gasteiger partial charge in [0.1, 0.15) is 11.5 Å². The van der Waals surface area contributed by atoms with Gasteiger partial charge in [0.25, 0.3) is 5.91 Å². The first kappa shape index (κ1) is 12.7. The summed E-state index contributed by atoms with van der Waals surface area (Å²) in [6.45, 7) is 0. The summed E-state index contributed by atoms with van der Waals surface area (Å²) in [5.74, 6) is -0.632. The molecule has 3 aromatic rings. The summed E-state index contributed by atoms with van der Waals surface area (Å²) in [5, 5.41) is 4.12. The predicted octanol–water partition coefficient (Wildman–Crippen LogP) is 4.21. The van der Waals surface area contributed by atoms with E-state index in [9.17, 15) is 9.18 Å². The summed E-state index contributed by atoms with van der Waals surface area (Å²) in [7, 11) is 0. The summed E-state index contributed by atoms with van der Waals surface area (Å²) < 4.78 is 13.1. The predicted molar refractivity (Wildman–Crippen MR) is 77.7 cm³/mol. The van der Waals surface area contributed by atoms with Gasteiger partial charge >= 0.3 is 0 Å². The lowest BCUT2D eigenvalue weighted by molar-refractivity contribution is 0.102. The number of hydrogen-bond acceptors (Lipinski definition) is 1. The van der Waals surface area contributed by atoms with Crippen molar-refractivity contribution in [2.45, 2.75) is 0 Å². The van der Waals surface area contributed by atoms with Crippen LogP contribution in [0.15, 0.2) is 48.5 Å². The maximum atomic E-state index is 13.1. The SMILES string of the molecule is O=C(Nc1ccc(Cl)cc1)c1cc2ccc(F)cc2[nH]1. The summed E-state index contributed by atoms with van der Waals surface area (Å²) >= 11 is 5.78. The molecule has 3 rings (SSSR count). The van der Waals surface area contributed by atoms with Crippen molar-refractivity contribution in [1.82, 2.24) is 4.98 Å². The third kappa shape index (κ3) is 2.51. The molecule has 0 atom stereocenters. The molecule has 0 saturated carbocycles. The number of amides is 1. The zero-order valence-electron chi connectivity index (χ0n) is 10.3. The first-order chi connectivity index (χ1) is 9.61. The van der Waals surface area contributed by atoms with Gasteiger partial charge in [-0.2, -0.15) is 0 Å². The molecule has 3 nitrogen and oxygen atoms in total. The fourth-order valence-electron chi connectivity index (χ4n) is 1.95. The van der Waals surface area contributed by atoms with Crippen molar-refractivity contribution < 1.29 is 9.18 Å². The number of fused-ring (bicyclic) bond motifs is 1. The van der Waals surface area contributed by atoms with Crippen LogP contribution < -0.4 is 5.32 Å². The van der Waals surface area contributed by atoms with Gasteiger partial charge in [-0.05, 0) is 48.5 Å². The molecule has 1 amide bonds. The monoisotopic (exact) mass is 288 g/mol. The molecule has 2 N–H and O–H groups in total. The first-order valence-corrected chi connectivity index (χ1v) is 6.35. The number of nitrogens with one attached hydrogen (secondary N) is 2. The van der Waals surface area contributed by atoms with E-state index < -0.39 is 0 Å². The van der Waals surface area contributed by atoms with Crippen LogP contribution in [0.3, 0.4) is 0 Å². The number of rotatable bonds is 2. The van der Waals surface area contributed by atoms with Gasteiger partial charge in [-0.3, -0.25) is 4.79 Å². The highest BCUT2D eigenvalue weighted by atomic mass is 35.5. The van der Waals surface area contributed by atoms with Gasteiger partial charge in [-0.25, -0.2) is 4.39 Å². The smallest absolute Gasteiger partial charge is 0.272 e. The number of hydrogen-bond donors (Lipinski definition) is 2. The van der Waals surface area contributed by atoms with Crippen LogP contribution in [0.5, 0.6) is 0 Å². The van der Waals surface area contributed by atoms with E-state index in [1.54, 1.807) is 36.4 Å². The molecule has 0 aliphatic heterocycles. The molecule has 1 aromatic heterocycles. The lowest BCUT2D eigenvalue weighted by atomic mass is 10.2. The van der Waals surface area contributed by atoms with Crippen molar-refractivity contribution in [2.75, 3.05) is 5.32 Å². The Kier molecular flexibility index (Phi) is 3.16. The van der Waals surface area contributed by atoms with Gasteiger partial charge in [0.05, 0.1) is 0 Å². The van der Waals surface area contributed by atoms with Crippen molar-refractivity contribution in [3.8, 4) is 0 Å². The average molecular weight is 289 g/mol. The minimum atomic E-state index is -0.344. The number of carbonyl (C=O) groups excluding carboxylic acids is 1. The van der Waals surface area contributed by atoms with E-state index in [-0.39, 0.29) is 11.7 Å². The van der Waals surface area contributed by atoms with Crippen LogP contribution >= 0.6 is 11.6 Å². The van der Waals surface area contributed by atoms with Gasteiger partial charge in [0, 0.05) is 21.6 Å². The number of carbonyl (C=O) groups is 1. The topological polar surface area (TPSA) is 44.9 Å². The molecule has 0 spiro atoms. The number of H-pyrrole nitrogens is 1. The van der Waals surface area contributed by atoms with Crippen molar-refractivity contribution >= 4 is 34.1 Å². The van der Waals surface area contributed by atoms with Gasteiger partial charge in [0.15, 0.2) is 0 Å². The Bertz CT molecular complexity index is 780. The van der Waals surface area contributed by atoms with E-state index >= 15 is 0 Å². The third-order valence-electron chi connectivity index (χ3n) is 2.93. The maximum absolute atomic E-state index is 13.1. The van der Waals surface area contributed by atoms with E-state index in [1.165, 1.54) is 12.1 Å². The summed E-state index contributed by atoms with van der Waals surface area (Å²) in [5.41, 5.74) is 1.61. The molecule has 0 aliphatic carbocycles. The van der Waals surface area contributed by atoms with Crippen LogP contribution in [-0.2, 0) is 0 Å². The van der Waals surface area contributed by atoms with Crippen LogP contribution in [0.4, 0.5) is 10.1 Å². The molecular formula is C15H10ClFN2O. The Labute approximate surface area is 119 Å². The number of halogens is 2. The highest BCUT2D eigenvalue weighted by Gasteiger charge is 2.10. The molecular weight excluding hydrogens is 279 g/mol. The summed E-state index contributed by atoms with van der Waals surface area (Å²) in [6, 6.07) is 12.8. The lowest BCUT2D eigenvalue weighted by Gasteiger charge is -2.03. The highest BCUT2D eigenvalue weighted by molar-refractivity contribution is 6.30. The zero-order valence-corrected chi connectivity index (χ0v) is 11.0. The van der Waals surface area contributed by atoms with E-state index in [0.29, 0.717) is 21.9 Å². The van der Waals surface area contributed by atoms with E-state index in [2.05, 4.69) is 10.3 Å². The van der Waals surface area contributed by atoms with Crippen LogP contribution in [0, 0.1) is 5.82 Å². The average Bonchev–Trinajstić information content (AvgIpc) is 2.84. The first-order valence-electron chi connectivity index (χ1n) is 5.97. The molecule has 0 saturated heterocycles. The van der Waals surface area contributed by atoms with Crippen molar-refractivity contribution in [2.24, 2.45) is 0 Å². The molecule has 2 aromatic carbocycles. The largest absolute Gasteiger partial charge is 0.350 e. The molecule has 100 valence electrons. The fraction of sp³-hybridized carbons (Fsp3) is 0. The van der Waals surface area contributed by atoms with Gasteiger partial charge < -0.3 is 10.3 Å². The highest BCUT2D eigenvalue weighted by Crippen LogP contribution is 2.18. The molecule has 5 heteroatoms. The number of anilines is 1. The van der Waals surface area contributed by atoms with E-state index in [1.807, 2.05) is 0 Å².